The lowest BCUT2D eigenvalue weighted by molar-refractivity contribution is -0.140. The van der Waals surface area contributed by atoms with E-state index in [4.69, 9.17) is 0 Å². The van der Waals surface area contributed by atoms with Gasteiger partial charge in [0, 0.05) is 11.4 Å². The third-order valence-electron chi connectivity index (χ3n) is 2.38. The lowest BCUT2D eigenvalue weighted by Crippen LogP contribution is -2.23. The van der Waals surface area contributed by atoms with Crippen molar-refractivity contribution >= 4 is 29.3 Å². The molecule has 19 heavy (non-hydrogen) atoms. The molecule has 1 aromatic carbocycles. The summed E-state index contributed by atoms with van der Waals surface area (Å²) < 4.78 is 17.2. The molecule has 6 heteroatoms. The number of hydrogen-bond acceptors (Lipinski definition) is 4. The van der Waals surface area contributed by atoms with E-state index in [1.165, 1.54) is 43.1 Å². The molecule has 0 saturated carbocycles. The van der Waals surface area contributed by atoms with Crippen LogP contribution in [0, 0.1) is 5.82 Å². The molecule has 1 N–H and O–H groups in total. The summed E-state index contributed by atoms with van der Waals surface area (Å²) in [5.41, 5.74) is 0.548. The predicted octanol–water partition coefficient (Wildman–Crippen LogP) is 2.45. The summed E-state index contributed by atoms with van der Waals surface area (Å²) in [6.45, 7) is 1.75. The Morgan fingerprint density at radius 3 is 2.58 bits per heavy atom. The lowest BCUT2D eigenvalue weighted by atomic mass is 10.3. The average Bonchev–Trinajstić information content (AvgIpc) is 2.40. The van der Waals surface area contributed by atoms with Crippen molar-refractivity contribution in [3.8, 4) is 0 Å². The molecule has 104 valence electrons. The quantitative estimate of drug-likeness (QED) is 0.816. The Balaban J connectivity index is 2.36. The number of methoxy groups -OCH3 is 1. The number of rotatable bonds is 6. The Kier molecular flexibility index (Phi) is 6.35. The van der Waals surface area contributed by atoms with Crippen molar-refractivity contribution in [2.45, 2.75) is 18.6 Å². The SMILES string of the molecule is COC(=O)CCS[C@@H](C)C(=O)Nc1ccc(F)cc1. The highest BCUT2D eigenvalue weighted by molar-refractivity contribution is 8.00. The normalized spacial score (nSPS) is 11.7. The summed E-state index contributed by atoms with van der Waals surface area (Å²) in [7, 11) is 1.33. The van der Waals surface area contributed by atoms with Gasteiger partial charge >= 0.3 is 5.97 Å². The fourth-order valence-electron chi connectivity index (χ4n) is 1.27. The molecule has 0 saturated heterocycles. The summed E-state index contributed by atoms with van der Waals surface area (Å²) >= 11 is 1.36. The molecular weight excluding hydrogens is 269 g/mol. The van der Waals surface area contributed by atoms with Crippen LogP contribution in [0.1, 0.15) is 13.3 Å². The minimum atomic E-state index is -0.349. The van der Waals surface area contributed by atoms with Crippen molar-refractivity contribution in [2.75, 3.05) is 18.2 Å². The van der Waals surface area contributed by atoms with Gasteiger partial charge in [-0.15, -0.1) is 11.8 Å². The number of thioether (sulfide) groups is 1. The first-order valence-electron chi connectivity index (χ1n) is 5.77. The number of hydrogen-bond donors (Lipinski definition) is 1. The topological polar surface area (TPSA) is 55.4 Å². The largest absolute Gasteiger partial charge is 0.469 e. The fraction of sp³-hybridized carbons (Fsp3) is 0.385. The molecule has 0 fully saturated rings. The Hall–Kier alpha value is -1.56. The number of esters is 1. The number of benzene rings is 1. The molecule has 1 aromatic rings. The van der Waals surface area contributed by atoms with Gasteiger partial charge in [0.2, 0.25) is 5.91 Å². The number of carbonyl (C=O) groups is 2. The minimum absolute atomic E-state index is 0.179. The van der Waals surface area contributed by atoms with Gasteiger partial charge in [-0.3, -0.25) is 9.59 Å². The van der Waals surface area contributed by atoms with Gasteiger partial charge in [0.15, 0.2) is 0 Å². The molecule has 0 heterocycles. The molecule has 1 rings (SSSR count). The molecule has 1 amide bonds. The van der Waals surface area contributed by atoms with Gasteiger partial charge in [0.1, 0.15) is 5.82 Å². The van der Waals surface area contributed by atoms with E-state index in [-0.39, 0.29) is 29.4 Å². The number of halogens is 1. The Labute approximate surface area is 115 Å². The van der Waals surface area contributed by atoms with E-state index in [1.54, 1.807) is 6.92 Å². The van der Waals surface area contributed by atoms with Gasteiger partial charge < -0.3 is 10.1 Å². The van der Waals surface area contributed by atoms with Crippen LogP contribution in [-0.2, 0) is 14.3 Å². The Morgan fingerprint density at radius 1 is 1.37 bits per heavy atom. The monoisotopic (exact) mass is 285 g/mol. The molecular formula is C13H16FNO3S. The second-order valence-corrected chi connectivity index (χ2v) is 5.28. The van der Waals surface area contributed by atoms with E-state index in [0.717, 1.165) is 0 Å². The van der Waals surface area contributed by atoms with Crippen LogP contribution in [0.15, 0.2) is 24.3 Å². The van der Waals surface area contributed by atoms with Gasteiger partial charge in [-0.25, -0.2) is 4.39 Å². The van der Waals surface area contributed by atoms with Gasteiger partial charge in [0.25, 0.3) is 0 Å². The molecule has 0 spiro atoms. The van der Waals surface area contributed by atoms with E-state index < -0.39 is 0 Å². The van der Waals surface area contributed by atoms with E-state index in [1.807, 2.05) is 0 Å². The zero-order chi connectivity index (χ0) is 14.3. The van der Waals surface area contributed by atoms with Gasteiger partial charge in [-0.2, -0.15) is 0 Å². The van der Waals surface area contributed by atoms with Crippen molar-refractivity contribution in [3.05, 3.63) is 30.1 Å². The number of anilines is 1. The predicted molar refractivity (Wildman–Crippen MR) is 73.6 cm³/mol. The highest BCUT2D eigenvalue weighted by Crippen LogP contribution is 2.15. The van der Waals surface area contributed by atoms with E-state index >= 15 is 0 Å². The maximum atomic E-state index is 12.7. The van der Waals surface area contributed by atoms with Crippen LogP contribution in [0.3, 0.4) is 0 Å². The second-order valence-electron chi connectivity index (χ2n) is 3.84. The van der Waals surface area contributed by atoms with E-state index in [0.29, 0.717) is 11.4 Å². The van der Waals surface area contributed by atoms with Gasteiger partial charge in [-0.1, -0.05) is 0 Å². The molecule has 0 bridgehead atoms. The van der Waals surface area contributed by atoms with E-state index in [2.05, 4.69) is 10.1 Å². The molecule has 0 unspecified atom stereocenters. The number of carbonyl (C=O) groups excluding carboxylic acids is 2. The Morgan fingerprint density at radius 2 is 2.00 bits per heavy atom. The summed E-state index contributed by atoms with van der Waals surface area (Å²) in [4.78, 5) is 22.7. The van der Waals surface area contributed by atoms with Crippen LogP contribution >= 0.6 is 11.8 Å². The first kappa shape index (κ1) is 15.5. The summed E-state index contributed by atoms with van der Waals surface area (Å²) in [5, 5.41) is 2.38. The first-order chi connectivity index (χ1) is 9.02. The molecule has 1 atom stereocenters. The van der Waals surface area contributed by atoms with Gasteiger partial charge in [0.05, 0.1) is 18.8 Å². The summed E-state index contributed by atoms with van der Waals surface area (Å²) in [6, 6.07) is 5.56. The fourth-order valence-corrected chi connectivity index (χ4v) is 2.12. The van der Waals surface area contributed by atoms with Crippen molar-refractivity contribution in [2.24, 2.45) is 0 Å². The smallest absolute Gasteiger partial charge is 0.306 e. The minimum Gasteiger partial charge on any atom is -0.469 e. The van der Waals surface area contributed by atoms with Crippen LogP contribution in [0.4, 0.5) is 10.1 Å². The van der Waals surface area contributed by atoms with Crippen LogP contribution in [-0.4, -0.2) is 30.0 Å². The zero-order valence-electron chi connectivity index (χ0n) is 10.8. The molecule has 0 aliphatic heterocycles. The highest BCUT2D eigenvalue weighted by atomic mass is 32.2. The summed E-state index contributed by atoms with van der Waals surface area (Å²) in [5.74, 6) is -0.302. The molecule has 0 aliphatic rings. The van der Waals surface area contributed by atoms with Crippen molar-refractivity contribution in [3.63, 3.8) is 0 Å². The van der Waals surface area contributed by atoms with Gasteiger partial charge in [-0.05, 0) is 31.2 Å². The third kappa shape index (κ3) is 5.74. The maximum absolute atomic E-state index is 12.7. The van der Waals surface area contributed by atoms with Crippen molar-refractivity contribution in [1.82, 2.24) is 0 Å². The van der Waals surface area contributed by atoms with E-state index in [9.17, 15) is 14.0 Å². The molecule has 0 radical (unpaired) electrons. The Bertz CT molecular complexity index is 436. The standard InChI is InChI=1S/C13H16FNO3S/c1-9(19-8-7-12(16)18-2)13(17)15-11-5-3-10(14)4-6-11/h3-6,9H,7-8H2,1-2H3,(H,15,17)/t9-/m0/s1. The number of ether oxygens (including phenoxy) is 1. The first-order valence-corrected chi connectivity index (χ1v) is 6.82. The third-order valence-corrected chi connectivity index (χ3v) is 3.54. The van der Waals surface area contributed by atoms with Crippen LogP contribution in [0.5, 0.6) is 0 Å². The van der Waals surface area contributed by atoms with Crippen molar-refractivity contribution in [1.29, 1.82) is 0 Å². The van der Waals surface area contributed by atoms with Crippen LogP contribution in [0.2, 0.25) is 0 Å². The number of amides is 1. The molecule has 0 aliphatic carbocycles. The maximum Gasteiger partial charge on any atom is 0.306 e. The number of nitrogens with one attached hydrogen (secondary N) is 1. The lowest BCUT2D eigenvalue weighted by Gasteiger charge is -2.11. The highest BCUT2D eigenvalue weighted by Gasteiger charge is 2.14. The summed E-state index contributed by atoms with van der Waals surface area (Å²) in [6.07, 6.45) is 0.273. The molecule has 4 nitrogen and oxygen atoms in total. The van der Waals surface area contributed by atoms with Crippen LogP contribution in [0.25, 0.3) is 0 Å². The molecule has 0 aromatic heterocycles. The zero-order valence-corrected chi connectivity index (χ0v) is 11.6. The van der Waals surface area contributed by atoms with Crippen molar-refractivity contribution < 1.29 is 18.7 Å². The average molecular weight is 285 g/mol. The second kappa shape index (κ2) is 7.78. The van der Waals surface area contributed by atoms with Crippen LogP contribution < -0.4 is 5.32 Å².